The molecule has 3 atom stereocenters. The fourth-order valence-corrected chi connectivity index (χ4v) is 6.61. The molecule has 51 heavy (non-hydrogen) atoms. The lowest BCUT2D eigenvalue weighted by atomic mass is 9.93. The van der Waals surface area contributed by atoms with Gasteiger partial charge in [-0.2, -0.15) is 5.10 Å². The average molecular weight is 697 g/mol. The fourth-order valence-electron chi connectivity index (χ4n) is 6.61. The van der Waals surface area contributed by atoms with Gasteiger partial charge in [0.25, 0.3) is 5.91 Å². The number of anilines is 1. The van der Waals surface area contributed by atoms with Crippen LogP contribution in [0.2, 0.25) is 0 Å². The molecular formula is C40H52N6O5. The van der Waals surface area contributed by atoms with E-state index in [9.17, 15) is 19.8 Å². The second-order valence-electron chi connectivity index (χ2n) is 13.3. The Balaban J connectivity index is 1.48. The highest BCUT2D eigenvalue weighted by Crippen LogP contribution is 2.34. The van der Waals surface area contributed by atoms with Gasteiger partial charge in [-0.25, -0.2) is 9.48 Å². The van der Waals surface area contributed by atoms with Crippen LogP contribution in [0.25, 0.3) is 5.69 Å². The van der Waals surface area contributed by atoms with Crippen molar-refractivity contribution >= 4 is 17.6 Å². The number of rotatable bonds is 15. The summed E-state index contributed by atoms with van der Waals surface area (Å²) < 4.78 is 6.94. The van der Waals surface area contributed by atoms with Crippen molar-refractivity contribution in [2.45, 2.75) is 84.7 Å². The van der Waals surface area contributed by atoms with E-state index in [0.717, 1.165) is 53.8 Å². The minimum atomic E-state index is -1.16. The number of methoxy groups -OCH3 is 1. The smallest absolute Gasteiger partial charge is 0.319 e. The number of urea groups is 1. The van der Waals surface area contributed by atoms with Gasteiger partial charge < -0.3 is 30.5 Å². The monoisotopic (exact) mass is 696 g/mol. The zero-order valence-corrected chi connectivity index (χ0v) is 30.4. The number of ether oxygens (including phenoxy) is 1. The van der Waals surface area contributed by atoms with Crippen molar-refractivity contribution in [3.05, 3.63) is 106 Å². The van der Waals surface area contributed by atoms with Gasteiger partial charge in [0, 0.05) is 42.6 Å². The molecule has 3 aromatic carbocycles. The third kappa shape index (κ3) is 8.97. The number of unbranched alkanes of at least 4 members (excludes halogenated alkanes) is 2. The number of nitrogens with one attached hydrogen (secondary N) is 2. The third-order valence-corrected chi connectivity index (χ3v) is 9.63. The van der Waals surface area contributed by atoms with Crippen LogP contribution in [0.4, 0.5) is 10.5 Å². The lowest BCUT2D eigenvalue weighted by Gasteiger charge is -2.39. The summed E-state index contributed by atoms with van der Waals surface area (Å²) in [5, 5.41) is 33.3. The van der Waals surface area contributed by atoms with E-state index < -0.39 is 12.3 Å². The lowest BCUT2D eigenvalue weighted by molar-refractivity contribution is -0.0529. The molecule has 1 aromatic heterocycles. The van der Waals surface area contributed by atoms with Gasteiger partial charge in [0.15, 0.2) is 5.69 Å². The molecule has 11 nitrogen and oxygen atoms in total. The maximum Gasteiger partial charge on any atom is 0.319 e. The number of hydrogen-bond donors (Lipinski definition) is 4. The van der Waals surface area contributed by atoms with Gasteiger partial charge >= 0.3 is 6.03 Å². The summed E-state index contributed by atoms with van der Waals surface area (Å²) in [7, 11) is 1.61. The number of carbonyl (C=O) groups excluding carboxylic acids is 2. The molecule has 0 bridgehead atoms. The van der Waals surface area contributed by atoms with Crippen LogP contribution in [0.1, 0.15) is 97.2 Å². The molecule has 5 rings (SSSR count). The summed E-state index contributed by atoms with van der Waals surface area (Å²) in [5.41, 5.74) is 5.72. The number of carbonyl (C=O) groups is 2. The summed E-state index contributed by atoms with van der Waals surface area (Å²) in [4.78, 5) is 30.7. The van der Waals surface area contributed by atoms with Gasteiger partial charge in [-0.3, -0.25) is 9.69 Å². The van der Waals surface area contributed by atoms with Crippen molar-refractivity contribution in [1.29, 1.82) is 0 Å². The number of nitrogens with zero attached hydrogens (tertiary/aromatic N) is 4. The summed E-state index contributed by atoms with van der Waals surface area (Å²) in [6, 6.07) is 21.6. The van der Waals surface area contributed by atoms with Crippen LogP contribution in [0, 0.1) is 6.92 Å². The van der Waals surface area contributed by atoms with E-state index in [0.29, 0.717) is 48.7 Å². The molecule has 0 saturated heterocycles. The number of aromatic nitrogens is 2. The zero-order valence-electron chi connectivity index (χ0n) is 30.4. The Kier molecular flexibility index (Phi) is 12.9. The Bertz CT molecular complexity index is 1770. The van der Waals surface area contributed by atoms with Gasteiger partial charge in [0.2, 0.25) is 0 Å². The molecule has 0 aliphatic carbocycles. The van der Waals surface area contributed by atoms with E-state index in [1.807, 2.05) is 66.1 Å². The van der Waals surface area contributed by atoms with Crippen molar-refractivity contribution in [2.75, 3.05) is 32.1 Å². The summed E-state index contributed by atoms with van der Waals surface area (Å²) in [6.07, 6.45) is 3.21. The van der Waals surface area contributed by atoms with Gasteiger partial charge in [-0.05, 0) is 86.2 Å². The first kappa shape index (κ1) is 37.5. The Morgan fingerprint density at radius 3 is 2.33 bits per heavy atom. The van der Waals surface area contributed by atoms with Crippen molar-refractivity contribution in [3.8, 4) is 11.4 Å². The van der Waals surface area contributed by atoms with Gasteiger partial charge in [-0.1, -0.05) is 63.1 Å². The number of aryl methyl sites for hydroxylation is 1. The third-order valence-electron chi connectivity index (χ3n) is 9.63. The number of aliphatic hydroxyl groups excluding tert-OH is 2. The highest BCUT2D eigenvalue weighted by molar-refractivity contribution is 5.92. The van der Waals surface area contributed by atoms with Crippen molar-refractivity contribution in [1.82, 2.24) is 24.9 Å². The molecule has 1 aliphatic rings. The van der Waals surface area contributed by atoms with E-state index >= 15 is 0 Å². The quantitative estimate of drug-likeness (QED) is 0.111. The molecule has 3 amide bonds. The van der Waals surface area contributed by atoms with E-state index in [2.05, 4.69) is 30.5 Å². The summed E-state index contributed by atoms with van der Waals surface area (Å²) >= 11 is 0. The molecule has 11 heteroatoms. The maximum absolute atomic E-state index is 13.7. The van der Waals surface area contributed by atoms with Crippen LogP contribution in [0.15, 0.2) is 72.8 Å². The normalized spacial score (nSPS) is 15.5. The van der Waals surface area contributed by atoms with Crippen LogP contribution in [0.5, 0.6) is 5.75 Å². The second kappa shape index (κ2) is 17.5. The van der Waals surface area contributed by atoms with Gasteiger partial charge in [0.1, 0.15) is 12.0 Å². The first-order valence-corrected chi connectivity index (χ1v) is 18.0. The molecule has 0 radical (unpaired) electrons. The van der Waals surface area contributed by atoms with Crippen LogP contribution >= 0.6 is 0 Å². The van der Waals surface area contributed by atoms with Crippen molar-refractivity contribution in [2.24, 2.45) is 0 Å². The average Bonchev–Trinajstić information content (AvgIpc) is 3.54. The molecule has 0 spiro atoms. The first-order chi connectivity index (χ1) is 24.7. The van der Waals surface area contributed by atoms with Crippen molar-refractivity contribution < 1.29 is 24.5 Å². The molecule has 0 fully saturated rings. The molecule has 272 valence electrons. The molecule has 3 unspecified atom stereocenters. The highest BCUT2D eigenvalue weighted by atomic mass is 16.5. The highest BCUT2D eigenvalue weighted by Gasteiger charge is 2.33. The van der Waals surface area contributed by atoms with Crippen molar-refractivity contribution in [3.63, 3.8) is 0 Å². The predicted octanol–water partition coefficient (Wildman–Crippen LogP) is 6.52. The summed E-state index contributed by atoms with van der Waals surface area (Å²) in [6.45, 7) is 9.62. The van der Waals surface area contributed by atoms with Gasteiger partial charge in [-0.15, -0.1) is 0 Å². The number of benzene rings is 3. The minimum absolute atomic E-state index is 0.116. The summed E-state index contributed by atoms with van der Waals surface area (Å²) in [5.74, 6) is 0.617. The molecule has 1 aliphatic heterocycles. The Morgan fingerprint density at radius 2 is 1.69 bits per heavy atom. The van der Waals surface area contributed by atoms with E-state index in [4.69, 9.17) is 9.84 Å². The standard InChI is InChI=1S/C40H52N6O5/c1-6-8-20-44(21-9-7-2)39(49)36-22-27(3)46(43-36)37-19-16-32(42-40(50)41-28(4)29-14-17-34(51-5)18-15-29)24-35(37)38(48)45-25-31-13-11-10-12-30(31)23-33(45)26-47/h10-19,22,24,28,33,38,47-48H,6-9,20-21,23,25-26H2,1-5H3,(H2,41,42,50). The molecule has 0 saturated carbocycles. The lowest BCUT2D eigenvalue weighted by Crippen LogP contribution is -2.45. The fraction of sp³-hybridized carbons (Fsp3) is 0.425. The maximum atomic E-state index is 13.7. The number of aliphatic hydroxyl groups is 2. The topological polar surface area (TPSA) is 132 Å². The Labute approximate surface area is 301 Å². The molecular weight excluding hydrogens is 644 g/mol. The first-order valence-electron chi connectivity index (χ1n) is 18.0. The van der Waals surface area contributed by atoms with Crippen LogP contribution in [0.3, 0.4) is 0 Å². The molecule has 4 N–H and O–H groups in total. The van der Waals surface area contributed by atoms with E-state index in [-0.39, 0.29) is 24.6 Å². The zero-order chi connectivity index (χ0) is 36.5. The number of fused-ring (bicyclic) bond motifs is 1. The second-order valence-corrected chi connectivity index (χ2v) is 13.3. The van der Waals surface area contributed by atoms with Gasteiger partial charge in [0.05, 0.1) is 25.4 Å². The molecule has 4 aromatic rings. The Morgan fingerprint density at radius 1 is 1.00 bits per heavy atom. The SMILES string of the molecule is CCCCN(CCCC)C(=O)c1cc(C)n(-c2ccc(NC(=O)NC(C)c3ccc(OC)cc3)cc2C(O)N2Cc3ccccc3CC2CO)n1. The van der Waals surface area contributed by atoms with Crippen LogP contribution in [-0.2, 0) is 13.0 Å². The minimum Gasteiger partial charge on any atom is -0.497 e. The predicted molar refractivity (Wildman–Crippen MR) is 199 cm³/mol. The van der Waals surface area contributed by atoms with Crippen LogP contribution in [-0.4, -0.2) is 74.6 Å². The van der Waals surface area contributed by atoms with Crippen LogP contribution < -0.4 is 15.4 Å². The number of amides is 3. The van der Waals surface area contributed by atoms with E-state index in [1.54, 1.807) is 36.1 Å². The van der Waals surface area contributed by atoms with E-state index in [1.165, 1.54) is 0 Å². The Hall–Kier alpha value is -4.71. The largest absolute Gasteiger partial charge is 0.497 e. The number of hydrogen-bond acceptors (Lipinski definition) is 7. The molecule has 2 heterocycles.